The van der Waals surface area contributed by atoms with Crippen molar-refractivity contribution in [2.24, 2.45) is 0 Å². The van der Waals surface area contributed by atoms with Crippen molar-refractivity contribution in [1.29, 1.82) is 0 Å². The van der Waals surface area contributed by atoms with E-state index in [9.17, 15) is 0 Å². The lowest BCUT2D eigenvalue weighted by atomic mass is 10.1. The summed E-state index contributed by atoms with van der Waals surface area (Å²) in [5.74, 6) is 0. The van der Waals surface area contributed by atoms with Gasteiger partial charge < -0.3 is 4.89 Å². The third-order valence-electron chi connectivity index (χ3n) is 3.80. The van der Waals surface area contributed by atoms with Crippen molar-refractivity contribution in [1.82, 2.24) is 0 Å². The van der Waals surface area contributed by atoms with Gasteiger partial charge in [-0.15, -0.1) is 0 Å². The summed E-state index contributed by atoms with van der Waals surface area (Å²) in [6, 6.07) is 0. The highest BCUT2D eigenvalue weighted by molar-refractivity contribution is 7.31. The lowest BCUT2D eigenvalue weighted by Crippen LogP contribution is -1.81. The summed E-state index contributed by atoms with van der Waals surface area (Å²) in [7, 11) is 0.160. The van der Waals surface area contributed by atoms with Crippen molar-refractivity contribution in [3.8, 4) is 0 Å². The third kappa shape index (κ3) is 18.1. The van der Waals surface area contributed by atoms with E-state index in [1.165, 1.54) is 89.9 Å². The highest BCUT2D eigenvalue weighted by atomic mass is 31.1. The average Bonchev–Trinajstić information content (AvgIpc) is 2.47. The highest BCUT2D eigenvalue weighted by Crippen LogP contribution is 2.12. The molecule has 1 nitrogen and oxygen atoms in total. The molecule has 0 aliphatic rings. The Morgan fingerprint density at radius 2 is 1.10 bits per heavy atom. The minimum absolute atomic E-state index is 0.160. The molecule has 0 heterocycles. The normalized spacial score (nSPS) is 12.1. The fourth-order valence-corrected chi connectivity index (χ4v) is 2.86. The third-order valence-corrected chi connectivity index (χ3v) is 4.38. The Kier molecular flexibility index (Phi) is 19.3. The van der Waals surface area contributed by atoms with Gasteiger partial charge in [-0.05, 0) is 38.3 Å². The second-order valence-corrected chi connectivity index (χ2v) is 6.66. The first-order chi connectivity index (χ1) is 9.91. The lowest BCUT2D eigenvalue weighted by molar-refractivity contribution is 0.601. The van der Waals surface area contributed by atoms with E-state index in [4.69, 9.17) is 4.89 Å². The summed E-state index contributed by atoms with van der Waals surface area (Å²) >= 11 is 0. The van der Waals surface area contributed by atoms with Crippen LogP contribution >= 0.6 is 8.81 Å². The molecule has 0 aromatic heterocycles. The molecule has 0 aliphatic carbocycles. The predicted molar refractivity (Wildman–Crippen MR) is 94.9 cm³/mol. The first-order valence-corrected chi connectivity index (χ1v) is 10.1. The first kappa shape index (κ1) is 20.1. The number of allylic oxidation sites excluding steroid dienone is 2. The molecule has 0 fully saturated rings. The second kappa shape index (κ2) is 19.1. The van der Waals surface area contributed by atoms with Gasteiger partial charge in [-0.3, -0.25) is 0 Å². The molecule has 0 aromatic rings. The topological polar surface area (TPSA) is 20.2 Å². The molecule has 0 saturated heterocycles. The summed E-state index contributed by atoms with van der Waals surface area (Å²) in [5.41, 5.74) is 0. The maximum atomic E-state index is 8.70. The van der Waals surface area contributed by atoms with Crippen molar-refractivity contribution in [2.75, 3.05) is 6.16 Å². The van der Waals surface area contributed by atoms with Crippen LogP contribution in [0.1, 0.15) is 96.8 Å². The van der Waals surface area contributed by atoms with Crippen LogP contribution < -0.4 is 0 Å². The molecular weight excluding hydrogens is 263 g/mol. The van der Waals surface area contributed by atoms with Gasteiger partial charge >= 0.3 is 0 Å². The van der Waals surface area contributed by atoms with Crippen LogP contribution in [-0.2, 0) is 0 Å². The Bertz CT molecular complexity index is 192. The summed E-state index contributed by atoms with van der Waals surface area (Å²) in [6.07, 6.45) is 24.8. The standard InChI is InChI=1S/C18H37OP/c1-2-3-4-5-6-7-8-9-10-11-12-13-14-15-16-17-18-20-19/h9-10,19-20H,2-8,11-18H2,1H3. The van der Waals surface area contributed by atoms with Crippen LogP contribution in [0.15, 0.2) is 12.2 Å². The first-order valence-electron chi connectivity index (χ1n) is 8.93. The van der Waals surface area contributed by atoms with E-state index in [2.05, 4.69) is 19.1 Å². The van der Waals surface area contributed by atoms with Crippen LogP contribution in [0.3, 0.4) is 0 Å². The summed E-state index contributed by atoms with van der Waals surface area (Å²) in [4.78, 5) is 8.70. The molecule has 20 heavy (non-hydrogen) atoms. The van der Waals surface area contributed by atoms with E-state index in [-0.39, 0.29) is 8.81 Å². The fraction of sp³-hybridized carbons (Fsp3) is 0.889. The van der Waals surface area contributed by atoms with Crippen molar-refractivity contribution < 1.29 is 4.89 Å². The Morgan fingerprint density at radius 3 is 1.60 bits per heavy atom. The van der Waals surface area contributed by atoms with E-state index in [1.54, 1.807) is 0 Å². The molecule has 2 heteroatoms. The van der Waals surface area contributed by atoms with E-state index < -0.39 is 0 Å². The van der Waals surface area contributed by atoms with Crippen LogP contribution in [0.25, 0.3) is 0 Å². The molecule has 0 bridgehead atoms. The van der Waals surface area contributed by atoms with E-state index in [1.807, 2.05) is 0 Å². The van der Waals surface area contributed by atoms with Crippen molar-refractivity contribution in [3.63, 3.8) is 0 Å². The summed E-state index contributed by atoms with van der Waals surface area (Å²) in [6.45, 7) is 2.28. The van der Waals surface area contributed by atoms with Crippen molar-refractivity contribution >= 4 is 8.81 Å². The fourth-order valence-electron chi connectivity index (χ4n) is 2.45. The van der Waals surface area contributed by atoms with Gasteiger partial charge in [0.1, 0.15) is 0 Å². The van der Waals surface area contributed by atoms with E-state index in [0.717, 1.165) is 6.16 Å². The molecule has 0 aliphatic heterocycles. The Labute approximate surface area is 129 Å². The number of hydrogen-bond donors (Lipinski definition) is 1. The Hall–Kier alpha value is 0.130. The second-order valence-electron chi connectivity index (χ2n) is 5.85. The van der Waals surface area contributed by atoms with Gasteiger partial charge in [0.05, 0.1) is 0 Å². The minimum atomic E-state index is 0.160. The maximum absolute atomic E-state index is 8.70. The molecular formula is C18H37OP. The van der Waals surface area contributed by atoms with Crippen molar-refractivity contribution in [3.05, 3.63) is 12.2 Å². The zero-order valence-electron chi connectivity index (χ0n) is 13.7. The molecule has 1 unspecified atom stereocenters. The van der Waals surface area contributed by atoms with Crippen LogP contribution in [0, 0.1) is 0 Å². The van der Waals surface area contributed by atoms with Crippen LogP contribution in [0.5, 0.6) is 0 Å². The highest BCUT2D eigenvalue weighted by Gasteiger charge is 1.91. The molecule has 1 N–H and O–H groups in total. The van der Waals surface area contributed by atoms with Gasteiger partial charge in [-0.25, -0.2) is 0 Å². The smallest absolute Gasteiger partial charge is 0.0107 e. The molecule has 120 valence electrons. The number of rotatable bonds is 16. The van der Waals surface area contributed by atoms with Crippen LogP contribution in [0.4, 0.5) is 0 Å². The average molecular weight is 300 g/mol. The zero-order valence-corrected chi connectivity index (χ0v) is 14.7. The van der Waals surface area contributed by atoms with Gasteiger partial charge in [0.15, 0.2) is 0 Å². The van der Waals surface area contributed by atoms with Gasteiger partial charge in [-0.2, -0.15) is 0 Å². The quantitative estimate of drug-likeness (QED) is 0.193. The largest absolute Gasteiger partial charge is 0.377 e. The predicted octanol–water partition coefficient (Wildman–Crippen LogP) is 6.61. The van der Waals surface area contributed by atoms with Gasteiger partial charge in [0.2, 0.25) is 0 Å². The molecule has 0 amide bonds. The molecule has 0 radical (unpaired) electrons. The number of unbranched alkanes of at least 4 members (excludes halogenated alkanes) is 12. The monoisotopic (exact) mass is 300 g/mol. The van der Waals surface area contributed by atoms with Crippen LogP contribution in [0.2, 0.25) is 0 Å². The van der Waals surface area contributed by atoms with E-state index >= 15 is 0 Å². The molecule has 1 atom stereocenters. The van der Waals surface area contributed by atoms with Gasteiger partial charge in [-0.1, -0.05) is 76.9 Å². The number of hydrogen-bond acceptors (Lipinski definition) is 1. The Balaban J connectivity index is 3.01. The molecule has 0 rings (SSSR count). The van der Waals surface area contributed by atoms with Crippen molar-refractivity contribution in [2.45, 2.75) is 96.8 Å². The lowest BCUT2D eigenvalue weighted by Gasteiger charge is -2.00. The Morgan fingerprint density at radius 1 is 0.650 bits per heavy atom. The summed E-state index contributed by atoms with van der Waals surface area (Å²) < 4.78 is 0. The SMILES string of the molecule is CCCCCCCCC=CCCCCCCCCPO. The summed E-state index contributed by atoms with van der Waals surface area (Å²) in [5, 5.41) is 0. The maximum Gasteiger partial charge on any atom is 0.0107 e. The van der Waals surface area contributed by atoms with Gasteiger partial charge in [0.25, 0.3) is 0 Å². The van der Waals surface area contributed by atoms with Crippen LogP contribution in [-0.4, -0.2) is 11.1 Å². The molecule has 0 aromatic carbocycles. The molecule has 0 spiro atoms. The zero-order chi connectivity index (χ0) is 14.7. The van der Waals surface area contributed by atoms with Gasteiger partial charge in [0, 0.05) is 8.81 Å². The minimum Gasteiger partial charge on any atom is -0.377 e. The van der Waals surface area contributed by atoms with E-state index in [0.29, 0.717) is 0 Å². The molecule has 0 saturated carbocycles.